The molecule has 1 aromatic rings. The summed E-state index contributed by atoms with van der Waals surface area (Å²) in [5.74, 6) is 0. The molecule has 0 aliphatic heterocycles. The first-order chi connectivity index (χ1) is 7.16. The molecule has 0 spiro atoms. The van der Waals surface area contributed by atoms with Gasteiger partial charge in [-0.2, -0.15) is 12.1 Å². The van der Waals surface area contributed by atoms with Gasteiger partial charge in [0, 0.05) is 16.1 Å². The molecule has 0 aromatic heterocycles. The Morgan fingerprint density at radius 2 is 0.833 bits per heavy atom. The number of hydrogen-bond acceptors (Lipinski definition) is 0. The van der Waals surface area contributed by atoms with E-state index in [-0.39, 0.29) is 37.7 Å². The summed E-state index contributed by atoms with van der Waals surface area (Å²) in [5.41, 5.74) is 2.76. The number of benzene rings is 1. The summed E-state index contributed by atoms with van der Waals surface area (Å²) in [6.45, 7) is 14.2. The van der Waals surface area contributed by atoms with E-state index in [9.17, 15) is 0 Å². The average Bonchev–Trinajstić information content (AvgIpc) is 2.03. The Hall–Kier alpha value is 0.589. The van der Waals surface area contributed by atoms with E-state index in [1.807, 2.05) is 0 Å². The zero-order valence-electron chi connectivity index (χ0n) is 13.5. The second kappa shape index (κ2) is 8.01. The van der Waals surface area contributed by atoms with Gasteiger partial charge in [-0.25, -0.2) is 35.4 Å². The van der Waals surface area contributed by atoms with E-state index in [1.165, 1.54) is 11.1 Å². The van der Waals surface area contributed by atoms with Crippen LogP contribution in [0.15, 0.2) is 24.3 Å². The van der Waals surface area contributed by atoms with Crippen molar-refractivity contribution in [1.29, 1.82) is 0 Å². The monoisotopic (exact) mass is 262 g/mol. The van der Waals surface area contributed by atoms with E-state index >= 15 is 0 Å². The van der Waals surface area contributed by atoms with Crippen molar-refractivity contribution in [3.8, 4) is 0 Å². The maximum Gasteiger partial charge on any atom is 1.00 e. The third-order valence-corrected chi connectivity index (χ3v) is 4.53. The van der Waals surface area contributed by atoms with Crippen molar-refractivity contribution in [2.24, 2.45) is 0 Å². The molecule has 90 valence electrons. The van der Waals surface area contributed by atoms with Crippen LogP contribution in [0.4, 0.5) is 0 Å². The molecule has 0 nitrogen and oxygen atoms in total. The molecule has 0 saturated carbocycles. The van der Waals surface area contributed by atoms with Crippen molar-refractivity contribution in [1.82, 2.24) is 0 Å². The quantitative estimate of drug-likeness (QED) is 0.460. The van der Waals surface area contributed by atoms with Gasteiger partial charge in [-0.05, 0) is 0 Å². The predicted molar refractivity (Wildman–Crippen MR) is 79.9 cm³/mol. The van der Waals surface area contributed by atoms with Crippen molar-refractivity contribution in [2.75, 3.05) is 0 Å². The Kier molecular flexibility index (Phi) is 9.29. The first kappa shape index (κ1) is 20.9. The van der Waals surface area contributed by atoms with Crippen LogP contribution in [0.1, 0.15) is 11.1 Å². The van der Waals surface area contributed by atoms with E-state index in [0.717, 1.165) is 0 Å². The molecule has 0 radical (unpaired) electrons. The van der Waals surface area contributed by atoms with Crippen molar-refractivity contribution in [3.63, 3.8) is 0 Å². The second-order valence-electron chi connectivity index (χ2n) is 6.69. The van der Waals surface area contributed by atoms with Gasteiger partial charge in [0.2, 0.25) is 0 Å². The molecule has 1 aromatic carbocycles. The Morgan fingerprint density at radius 3 is 1.00 bits per heavy atom. The van der Waals surface area contributed by atoms with Crippen LogP contribution in [0.25, 0.3) is 0 Å². The fourth-order valence-corrected chi connectivity index (χ4v) is 4.07. The van der Waals surface area contributed by atoms with Crippen LogP contribution in [0, 0.1) is 12.1 Å². The van der Waals surface area contributed by atoms with Crippen molar-refractivity contribution < 1.29 is 37.7 Å². The van der Waals surface area contributed by atoms with Gasteiger partial charge in [-0.1, -0.05) is 39.3 Å². The minimum Gasteiger partial charge on any atom is -0.220 e. The van der Waals surface area contributed by atoms with Crippen LogP contribution in [0.3, 0.4) is 0 Å². The fraction of sp³-hybridized carbons (Fsp3) is 0.429. The summed E-state index contributed by atoms with van der Waals surface area (Å²) >= 11 is 0. The minimum atomic E-state index is -1.09. The van der Waals surface area contributed by atoms with E-state index in [1.54, 1.807) is 0 Å². The van der Waals surface area contributed by atoms with Crippen LogP contribution in [0.2, 0.25) is 39.3 Å². The van der Waals surface area contributed by atoms with Crippen molar-refractivity contribution >= 4 is 16.1 Å². The average molecular weight is 262 g/mol. The van der Waals surface area contributed by atoms with E-state index in [2.05, 4.69) is 75.6 Å². The molecule has 0 amide bonds. The third-order valence-electron chi connectivity index (χ3n) is 2.14. The smallest absolute Gasteiger partial charge is 0.220 e. The molecule has 0 fully saturated rings. The molecule has 0 atom stereocenters. The molecule has 0 saturated heterocycles. The Bertz CT molecular complexity index is 299. The van der Waals surface area contributed by atoms with Gasteiger partial charge in [0.05, 0.1) is 0 Å². The van der Waals surface area contributed by atoms with Gasteiger partial charge in [0.15, 0.2) is 0 Å². The van der Waals surface area contributed by atoms with Gasteiger partial charge in [-0.15, -0.1) is 0 Å². The van der Waals surface area contributed by atoms with Crippen molar-refractivity contribution in [2.45, 2.75) is 39.3 Å². The van der Waals surface area contributed by atoms with E-state index in [0.29, 0.717) is 0 Å². The molecule has 0 heterocycles. The van der Waals surface area contributed by atoms with Gasteiger partial charge in [0.25, 0.3) is 0 Å². The van der Waals surface area contributed by atoms with E-state index < -0.39 is 16.1 Å². The number of rotatable bonds is 4. The van der Waals surface area contributed by atoms with Gasteiger partial charge in [-0.3, -0.25) is 0 Å². The van der Waals surface area contributed by atoms with Crippen molar-refractivity contribution in [3.05, 3.63) is 47.5 Å². The SMILES string of the molecule is C[Si](C)(C)[CH-]c1ccc([CH-][Si](C)(C)C)cc1.[Li+].[Li+]. The summed E-state index contributed by atoms with van der Waals surface area (Å²) in [5, 5.41) is 0. The summed E-state index contributed by atoms with van der Waals surface area (Å²) in [4.78, 5) is 0. The first-order valence-corrected chi connectivity index (χ1v) is 13.1. The van der Waals surface area contributed by atoms with Crippen LogP contribution in [0.5, 0.6) is 0 Å². The fourth-order valence-electron chi connectivity index (χ4n) is 1.69. The molecular weight excluding hydrogens is 238 g/mol. The summed E-state index contributed by atoms with van der Waals surface area (Å²) < 4.78 is 0. The normalized spacial score (nSPS) is 11.0. The van der Waals surface area contributed by atoms with Gasteiger partial charge < -0.3 is 0 Å². The summed E-state index contributed by atoms with van der Waals surface area (Å²) in [7, 11) is -2.18. The molecule has 0 aliphatic carbocycles. The maximum atomic E-state index is 2.45. The molecule has 18 heavy (non-hydrogen) atoms. The zero-order chi connectivity index (χ0) is 12.4. The predicted octanol–water partition coefficient (Wildman–Crippen LogP) is -1.45. The van der Waals surface area contributed by atoms with Gasteiger partial charge >= 0.3 is 37.7 Å². The second-order valence-corrected chi connectivity index (χ2v) is 16.7. The molecule has 1 rings (SSSR count). The maximum absolute atomic E-state index is 2.45. The first-order valence-electron chi connectivity index (χ1n) is 5.98. The molecular formula is C14H24Li2Si2. The third kappa shape index (κ3) is 9.51. The molecule has 0 aliphatic rings. The van der Waals surface area contributed by atoms with Crippen LogP contribution in [-0.2, 0) is 0 Å². The molecule has 0 N–H and O–H groups in total. The molecule has 0 unspecified atom stereocenters. The van der Waals surface area contributed by atoms with Crippen LogP contribution >= 0.6 is 0 Å². The Labute approximate surface area is 140 Å². The minimum absolute atomic E-state index is 0. The zero-order valence-corrected chi connectivity index (χ0v) is 15.5. The standard InChI is InChI=1S/C14H24Si2.2Li/c1-15(2,3)11-13-7-9-14(10-8-13)12-16(4,5)6;;/h7-12H,1-6H3;;/q-2;2*+1. The van der Waals surface area contributed by atoms with E-state index in [4.69, 9.17) is 0 Å². The topological polar surface area (TPSA) is 0 Å². The summed E-state index contributed by atoms with van der Waals surface area (Å²) in [6.07, 6.45) is 0. The Balaban J connectivity index is 0. The van der Waals surface area contributed by atoms with Crippen LogP contribution < -0.4 is 37.7 Å². The van der Waals surface area contributed by atoms with Gasteiger partial charge in [0.1, 0.15) is 0 Å². The molecule has 0 bridgehead atoms. The largest absolute Gasteiger partial charge is 1.00 e. The number of hydrogen-bond donors (Lipinski definition) is 0. The van der Waals surface area contributed by atoms with Crippen LogP contribution in [-0.4, -0.2) is 16.1 Å². The Morgan fingerprint density at radius 1 is 0.611 bits per heavy atom. The molecule has 4 heteroatoms. The summed E-state index contributed by atoms with van der Waals surface area (Å²) in [6, 6.07) is 13.9.